The highest BCUT2D eigenvalue weighted by Crippen LogP contribution is 2.34. The summed E-state index contributed by atoms with van der Waals surface area (Å²) in [5, 5.41) is 21.3. The first kappa shape index (κ1) is 18.4. The van der Waals surface area contributed by atoms with Gasteiger partial charge in [0.15, 0.2) is 5.78 Å². The summed E-state index contributed by atoms with van der Waals surface area (Å²) in [5.74, 6) is -1.41. The summed E-state index contributed by atoms with van der Waals surface area (Å²) in [4.78, 5) is 35.7. The molecule has 0 saturated carbocycles. The van der Waals surface area contributed by atoms with Crippen molar-refractivity contribution in [1.29, 1.82) is 0 Å². The van der Waals surface area contributed by atoms with Gasteiger partial charge in [0.2, 0.25) is 0 Å². The van der Waals surface area contributed by atoms with Crippen LogP contribution >= 0.6 is 0 Å². The fourth-order valence-electron chi connectivity index (χ4n) is 2.96. The Morgan fingerprint density at radius 1 is 1.19 bits per heavy atom. The molecular weight excluding hydrogens is 350 g/mol. The summed E-state index contributed by atoms with van der Waals surface area (Å²) >= 11 is 0. The van der Waals surface area contributed by atoms with Gasteiger partial charge in [-0.05, 0) is 49.7 Å². The molecule has 7 nitrogen and oxygen atoms in total. The van der Waals surface area contributed by atoms with Gasteiger partial charge in [-0.15, -0.1) is 0 Å². The molecule has 1 aliphatic rings. The second kappa shape index (κ2) is 6.75. The van der Waals surface area contributed by atoms with Crippen molar-refractivity contribution < 1.29 is 29.3 Å². The van der Waals surface area contributed by atoms with E-state index >= 15 is 0 Å². The molecular formula is C20H19NO6. The molecule has 0 aliphatic carbocycles. The predicted molar refractivity (Wildman–Crippen MR) is 97.5 cm³/mol. The molecule has 1 amide bonds. The summed E-state index contributed by atoms with van der Waals surface area (Å²) in [6.45, 7) is 3.64. The number of benzene rings is 2. The van der Waals surface area contributed by atoms with Gasteiger partial charge < -0.3 is 20.3 Å². The number of hydrogen-bond acceptors (Lipinski definition) is 5. The van der Waals surface area contributed by atoms with Gasteiger partial charge >= 0.3 is 5.97 Å². The first-order valence-electron chi connectivity index (χ1n) is 8.36. The fourth-order valence-corrected chi connectivity index (χ4v) is 2.96. The van der Waals surface area contributed by atoms with Crippen LogP contribution in [0.2, 0.25) is 0 Å². The van der Waals surface area contributed by atoms with Gasteiger partial charge in [-0.25, -0.2) is 0 Å². The summed E-state index contributed by atoms with van der Waals surface area (Å²) in [5.41, 5.74) is 0.510. The Morgan fingerprint density at radius 2 is 1.93 bits per heavy atom. The van der Waals surface area contributed by atoms with Gasteiger partial charge in [-0.3, -0.25) is 14.4 Å². The van der Waals surface area contributed by atoms with Crippen molar-refractivity contribution in [3.05, 3.63) is 53.1 Å². The third-order valence-corrected chi connectivity index (χ3v) is 4.18. The second-order valence-electron chi connectivity index (χ2n) is 7.05. The summed E-state index contributed by atoms with van der Waals surface area (Å²) in [6.07, 6.45) is -0.0211. The van der Waals surface area contributed by atoms with E-state index in [4.69, 9.17) is 9.84 Å². The normalized spacial score (nSPS) is 14.8. The molecule has 1 aliphatic heterocycles. The van der Waals surface area contributed by atoms with Crippen LogP contribution in [0.1, 0.15) is 46.5 Å². The van der Waals surface area contributed by atoms with Crippen molar-refractivity contribution in [1.82, 2.24) is 0 Å². The summed E-state index contributed by atoms with van der Waals surface area (Å²) in [7, 11) is 0. The van der Waals surface area contributed by atoms with Crippen LogP contribution in [0.25, 0.3) is 0 Å². The highest BCUT2D eigenvalue weighted by atomic mass is 16.5. The van der Waals surface area contributed by atoms with Crippen LogP contribution in [0.5, 0.6) is 11.5 Å². The van der Waals surface area contributed by atoms with Crippen LogP contribution in [0.3, 0.4) is 0 Å². The smallest absolute Gasteiger partial charge is 0.307 e. The van der Waals surface area contributed by atoms with Crippen LogP contribution < -0.4 is 10.1 Å². The van der Waals surface area contributed by atoms with Crippen molar-refractivity contribution in [3.8, 4) is 11.5 Å². The predicted octanol–water partition coefficient (Wildman–Crippen LogP) is 3.02. The van der Waals surface area contributed by atoms with Crippen molar-refractivity contribution in [3.63, 3.8) is 0 Å². The fraction of sp³-hybridized carbons (Fsp3) is 0.250. The summed E-state index contributed by atoms with van der Waals surface area (Å²) in [6, 6.07) is 8.75. The molecule has 1 heterocycles. The molecule has 0 atom stereocenters. The van der Waals surface area contributed by atoms with E-state index < -0.39 is 17.5 Å². The molecule has 3 N–H and O–H groups in total. The van der Waals surface area contributed by atoms with Crippen LogP contribution in [-0.4, -0.2) is 33.5 Å². The van der Waals surface area contributed by atoms with Crippen LogP contribution in [0.4, 0.5) is 5.69 Å². The number of aromatic hydroxyl groups is 1. The monoisotopic (exact) mass is 369 g/mol. The van der Waals surface area contributed by atoms with E-state index in [0.29, 0.717) is 16.9 Å². The molecule has 0 radical (unpaired) electrons. The number of carbonyl (C=O) groups excluding carboxylic acids is 2. The van der Waals surface area contributed by atoms with E-state index in [1.165, 1.54) is 30.3 Å². The number of rotatable bonds is 4. The Morgan fingerprint density at radius 3 is 2.63 bits per heavy atom. The van der Waals surface area contributed by atoms with Gasteiger partial charge in [-0.1, -0.05) is 6.07 Å². The van der Waals surface area contributed by atoms with E-state index in [1.54, 1.807) is 6.07 Å². The molecule has 7 heteroatoms. The Balaban J connectivity index is 1.85. The van der Waals surface area contributed by atoms with Crippen molar-refractivity contribution >= 4 is 23.3 Å². The molecule has 0 fully saturated rings. The Labute approximate surface area is 155 Å². The van der Waals surface area contributed by atoms with Crippen molar-refractivity contribution in [2.75, 3.05) is 5.32 Å². The lowest BCUT2D eigenvalue weighted by atomic mass is 9.92. The number of carboxylic acid groups (broad SMARTS) is 1. The van der Waals surface area contributed by atoms with Gasteiger partial charge in [0.1, 0.15) is 17.1 Å². The molecule has 0 unspecified atom stereocenters. The average Bonchev–Trinajstić information content (AvgIpc) is 2.56. The number of fused-ring (bicyclic) bond motifs is 1. The topological polar surface area (TPSA) is 113 Å². The number of nitrogens with one attached hydrogen (secondary N) is 1. The number of carboxylic acids is 1. The molecule has 2 aromatic carbocycles. The van der Waals surface area contributed by atoms with Crippen molar-refractivity contribution in [2.45, 2.75) is 32.3 Å². The maximum Gasteiger partial charge on any atom is 0.307 e. The third-order valence-electron chi connectivity index (χ3n) is 4.18. The number of ether oxygens (including phenoxy) is 1. The minimum Gasteiger partial charge on any atom is -0.506 e. The average molecular weight is 369 g/mol. The first-order valence-corrected chi connectivity index (χ1v) is 8.36. The third kappa shape index (κ3) is 4.08. The number of anilines is 1. The zero-order chi connectivity index (χ0) is 19.8. The second-order valence-corrected chi connectivity index (χ2v) is 7.05. The number of phenolic OH excluding ortho intramolecular Hbond substituents is 1. The Hall–Kier alpha value is -3.35. The number of amides is 1. The number of phenols is 1. The highest BCUT2D eigenvalue weighted by molar-refractivity contribution is 6.08. The molecule has 2 aromatic rings. The number of aliphatic carboxylic acids is 1. The van der Waals surface area contributed by atoms with Crippen LogP contribution in [0.15, 0.2) is 36.4 Å². The van der Waals surface area contributed by atoms with Crippen LogP contribution in [0, 0.1) is 0 Å². The SMILES string of the molecule is CC1(C)CC(=O)c2cc(C(=O)Nc3cc(CC(=O)O)ccc3O)ccc2O1. The largest absolute Gasteiger partial charge is 0.506 e. The minimum atomic E-state index is -1.02. The zero-order valence-electron chi connectivity index (χ0n) is 14.9. The molecule has 0 saturated heterocycles. The van der Waals surface area contributed by atoms with E-state index in [2.05, 4.69) is 5.32 Å². The molecule has 0 bridgehead atoms. The maximum absolute atomic E-state index is 12.5. The highest BCUT2D eigenvalue weighted by Gasteiger charge is 2.32. The van der Waals surface area contributed by atoms with Crippen molar-refractivity contribution in [2.24, 2.45) is 0 Å². The molecule has 3 rings (SSSR count). The van der Waals surface area contributed by atoms with Crippen LogP contribution in [-0.2, 0) is 11.2 Å². The molecule has 140 valence electrons. The van der Waals surface area contributed by atoms with E-state index in [9.17, 15) is 19.5 Å². The molecule has 27 heavy (non-hydrogen) atoms. The standard InChI is InChI=1S/C20H19NO6/c1-20(2)10-16(23)13-9-12(4-6-17(13)27-20)19(26)21-14-7-11(8-18(24)25)3-5-15(14)22/h3-7,9,22H,8,10H2,1-2H3,(H,21,26)(H,24,25). The van der Waals surface area contributed by atoms with Gasteiger partial charge in [0, 0.05) is 5.56 Å². The first-order chi connectivity index (χ1) is 12.6. The zero-order valence-corrected chi connectivity index (χ0v) is 14.9. The Bertz CT molecular complexity index is 947. The lowest BCUT2D eigenvalue weighted by Crippen LogP contribution is -2.36. The Kier molecular flexibility index (Phi) is 4.61. The van der Waals surface area contributed by atoms with Gasteiger partial charge in [0.05, 0.1) is 24.1 Å². The quantitative estimate of drug-likeness (QED) is 0.714. The molecule has 0 aromatic heterocycles. The number of ketones is 1. The lowest BCUT2D eigenvalue weighted by Gasteiger charge is -2.31. The van der Waals surface area contributed by atoms with E-state index in [0.717, 1.165) is 0 Å². The van der Waals surface area contributed by atoms with Gasteiger partial charge in [0.25, 0.3) is 5.91 Å². The number of hydrogen-bond donors (Lipinski definition) is 3. The lowest BCUT2D eigenvalue weighted by molar-refractivity contribution is -0.136. The summed E-state index contributed by atoms with van der Waals surface area (Å²) < 4.78 is 5.77. The minimum absolute atomic E-state index is 0.0974. The van der Waals surface area contributed by atoms with E-state index in [1.807, 2.05) is 13.8 Å². The van der Waals surface area contributed by atoms with Gasteiger partial charge in [-0.2, -0.15) is 0 Å². The number of Topliss-reactive ketones (excluding diaryl/α,β-unsaturated/α-hetero) is 1. The van der Waals surface area contributed by atoms with E-state index in [-0.39, 0.29) is 35.6 Å². The maximum atomic E-state index is 12.5. The number of carbonyl (C=O) groups is 3. The molecule has 0 spiro atoms.